The third-order valence-corrected chi connectivity index (χ3v) is 3.79. The number of aliphatic hydroxyl groups is 1. The maximum absolute atomic E-state index is 12.2. The molecule has 0 saturated carbocycles. The predicted molar refractivity (Wildman–Crippen MR) is 81.4 cm³/mol. The second-order valence-corrected chi connectivity index (χ2v) is 5.46. The zero-order valence-corrected chi connectivity index (χ0v) is 13.1. The lowest BCUT2D eigenvalue weighted by molar-refractivity contribution is -0.274. The third kappa shape index (κ3) is 3.18. The van der Waals surface area contributed by atoms with Crippen LogP contribution >= 0.6 is 15.9 Å². The van der Waals surface area contributed by atoms with Crippen molar-refractivity contribution < 1.29 is 23.0 Å². The van der Waals surface area contributed by atoms with Crippen LogP contribution in [0.15, 0.2) is 47.1 Å². The summed E-state index contributed by atoms with van der Waals surface area (Å²) in [5.74, 6) is -0.298. The summed E-state index contributed by atoms with van der Waals surface area (Å²) in [6, 6.07) is 10.8. The molecule has 3 rings (SSSR count). The third-order valence-electron chi connectivity index (χ3n) is 3.24. The molecule has 0 aliphatic heterocycles. The van der Waals surface area contributed by atoms with E-state index in [0.717, 1.165) is 10.9 Å². The van der Waals surface area contributed by atoms with E-state index >= 15 is 0 Å². The lowest BCUT2D eigenvalue weighted by atomic mass is 10.1. The molecule has 0 bridgehead atoms. The molecule has 0 fully saturated rings. The van der Waals surface area contributed by atoms with E-state index in [0.29, 0.717) is 15.9 Å². The van der Waals surface area contributed by atoms with Gasteiger partial charge in [0.2, 0.25) is 0 Å². The van der Waals surface area contributed by atoms with Crippen molar-refractivity contribution >= 4 is 26.8 Å². The molecule has 0 aliphatic carbocycles. The van der Waals surface area contributed by atoms with Gasteiger partial charge in [-0.2, -0.15) is 5.10 Å². The Kier molecular flexibility index (Phi) is 4.03. The van der Waals surface area contributed by atoms with Gasteiger partial charge >= 0.3 is 6.36 Å². The minimum absolute atomic E-state index is 0.139. The Hall–Kier alpha value is -2.06. The van der Waals surface area contributed by atoms with Gasteiger partial charge in [-0.3, -0.25) is 0 Å². The van der Waals surface area contributed by atoms with Crippen molar-refractivity contribution in [1.82, 2.24) is 9.78 Å². The SMILES string of the molecule is OCc1cccc2c1c(Br)nn2-c1ccc(OC(F)(F)F)cc1. The summed E-state index contributed by atoms with van der Waals surface area (Å²) in [5, 5.41) is 14.5. The number of rotatable bonds is 3. The quantitative estimate of drug-likeness (QED) is 0.734. The van der Waals surface area contributed by atoms with Crippen LogP contribution < -0.4 is 4.74 Å². The molecule has 1 aromatic heterocycles. The molecule has 0 aliphatic rings. The van der Waals surface area contributed by atoms with Gasteiger partial charge in [0.05, 0.1) is 17.8 Å². The molecule has 1 heterocycles. The standard InChI is InChI=1S/C15H10BrF3N2O2/c16-14-13-9(8-22)2-1-3-12(13)21(20-14)10-4-6-11(7-5-10)23-15(17,18)19/h1-7,22H,8H2. The number of hydrogen-bond donors (Lipinski definition) is 1. The van der Waals surface area contributed by atoms with Crippen molar-refractivity contribution in [2.24, 2.45) is 0 Å². The summed E-state index contributed by atoms with van der Waals surface area (Å²) >= 11 is 3.34. The van der Waals surface area contributed by atoms with E-state index < -0.39 is 6.36 Å². The molecule has 0 atom stereocenters. The number of nitrogens with zero attached hydrogens (tertiary/aromatic N) is 2. The molecule has 3 aromatic rings. The summed E-state index contributed by atoms with van der Waals surface area (Å²) in [7, 11) is 0. The van der Waals surface area contributed by atoms with E-state index in [1.165, 1.54) is 24.3 Å². The van der Waals surface area contributed by atoms with Crippen molar-refractivity contribution in [1.29, 1.82) is 0 Å². The molecule has 4 nitrogen and oxygen atoms in total. The largest absolute Gasteiger partial charge is 0.573 e. The Morgan fingerprint density at radius 3 is 2.43 bits per heavy atom. The van der Waals surface area contributed by atoms with Crippen molar-refractivity contribution in [3.63, 3.8) is 0 Å². The van der Waals surface area contributed by atoms with Gasteiger partial charge < -0.3 is 9.84 Å². The van der Waals surface area contributed by atoms with Gasteiger partial charge in [0.1, 0.15) is 10.4 Å². The topological polar surface area (TPSA) is 47.3 Å². The van der Waals surface area contributed by atoms with Crippen molar-refractivity contribution in [3.8, 4) is 11.4 Å². The zero-order valence-electron chi connectivity index (χ0n) is 11.5. The van der Waals surface area contributed by atoms with Crippen LogP contribution in [0.4, 0.5) is 13.2 Å². The molecule has 120 valence electrons. The number of benzene rings is 2. The van der Waals surface area contributed by atoms with E-state index in [-0.39, 0.29) is 12.4 Å². The first kappa shape index (κ1) is 15.8. The van der Waals surface area contributed by atoms with Gasteiger partial charge in [0.15, 0.2) is 0 Å². The second-order valence-electron chi connectivity index (χ2n) is 4.71. The molecule has 0 spiro atoms. The van der Waals surface area contributed by atoms with Crippen LogP contribution in [0.25, 0.3) is 16.6 Å². The Bertz CT molecular complexity index is 844. The minimum Gasteiger partial charge on any atom is -0.406 e. The maximum atomic E-state index is 12.2. The Balaban J connectivity index is 2.04. The number of aromatic nitrogens is 2. The predicted octanol–water partition coefficient (Wildman–Crippen LogP) is 4.18. The van der Waals surface area contributed by atoms with E-state index in [1.807, 2.05) is 6.07 Å². The lowest BCUT2D eigenvalue weighted by Gasteiger charge is -2.09. The van der Waals surface area contributed by atoms with Crippen LogP contribution in [0.2, 0.25) is 0 Å². The highest BCUT2D eigenvalue weighted by Gasteiger charge is 2.31. The fourth-order valence-corrected chi connectivity index (χ4v) is 2.93. The summed E-state index contributed by atoms with van der Waals surface area (Å²) < 4.78 is 42.5. The van der Waals surface area contributed by atoms with Crippen molar-refractivity contribution in [3.05, 3.63) is 52.6 Å². The van der Waals surface area contributed by atoms with E-state index in [2.05, 4.69) is 25.8 Å². The Morgan fingerprint density at radius 2 is 1.83 bits per heavy atom. The Morgan fingerprint density at radius 1 is 1.13 bits per heavy atom. The normalized spacial score (nSPS) is 11.9. The monoisotopic (exact) mass is 386 g/mol. The first-order chi connectivity index (χ1) is 10.9. The fourth-order valence-electron chi connectivity index (χ4n) is 2.31. The molecule has 0 radical (unpaired) electrons. The fraction of sp³-hybridized carbons (Fsp3) is 0.133. The highest BCUT2D eigenvalue weighted by Crippen LogP contribution is 2.30. The van der Waals surface area contributed by atoms with Gasteiger partial charge in [0.25, 0.3) is 0 Å². The van der Waals surface area contributed by atoms with Gasteiger partial charge in [-0.05, 0) is 51.8 Å². The minimum atomic E-state index is -4.72. The average molecular weight is 387 g/mol. The van der Waals surface area contributed by atoms with Crippen molar-refractivity contribution in [2.45, 2.75) is 13.0 Å². The molecule has 8 heteroatoms. The van der Waals surface area contributed by atoms with Gasteiger partial charge in [-0.25, -0.2) is 4.68 Å². The Labute approximate surface area is 137 Å². The van der Waals surface area contributed by atoms with Gasteiger partial charge in [-0.1, -0.05) is 12.1 Å². The summed E-state index contributed by atoms with van der Waals surface area (Å²) in [5.41, 5.74) is 2.01. The number of alkyl halides is 3. The average Bonchev–Trinajstić information content (AvgIpc) is 2.84. The van der Waals surface area contributed by atoms with Crippen LogP contribution in [0, 0.1) is 0 Å². The highest BCUT2D eigenvalue weighted by atomic mass is 79.9. The van der Waals surface area contributed by atoms with Crippen molar-refractivity contribution in [2.75, 3.05) is 0 Å². The number of ether oxygens (including phenoxy) is 1. The van der Waals surface area contributed by atoms with Crippen LogP contribution in [-0.4, -0.2) is 21.2 Å². The second kappa shape index (κ2) is 5.86. The molecule has 0 saturated heterocycles. The number of fused-ring (bicyclic) bond motifs is 1. The number of aliphatic hydroxyl groups excluding tert-OH is 1. The molecule has 0 unspecified atom stereocenters. The summed E-state index contributed by atoms with van der Waals surface area (Å²) in [4.78, 5) is 0. The zero-order chi connectivity index (χ0) is 16.6. The van der Waals surface area contributed by atoms with Gasteiger partial charge in [0, 0.05) is 5.39 Å². The highest BCUT2D eigenvalue weighted by molar-refractivity contribution is 9.10. The molecule has 1 N–H and O–H groups in total. The number of halogens is 4. The van der Waals surface area contributed by atoms with E-state index in [4.69, 9.17) is 0 Å². The first-order valence-corrected chi connectivity index (χ1v) is 7.31. The smallest absolute Gasteiger partial charge is 0.406 e. The maximum Gasteiger partial charge on any atom is 0.573 e. The first-order valence-electron chi connectivity index (χ1n) is 6.52. The van der Waals surface area contributed by atoms with E-state index in [1.54, 1.807) is 16.8 Å². The molecule has 2 aromatic carbocycles. The molecular formula is C15H10BrF3N2O2. The summed E-state index contributed by atoms with van der Waals surface area (Å²) in [6.07, 6.45) is -4.72. The van der Waals surface area contributed by atoms with Crippen LogP contribution in [0.5, 0.6) is 5.75 Å². The number of hydrogen-bond acceptors (Lipinski definition) is 3. The van der Waals surface area contributed by atoms with Gasteiger partial charge in [-0.15, -0.1) is 13.2 Å². The summed E-state index contributed by atoms with van der Waals surface area (Å²) in [6.45, 7) is -0.139. The lowest BCUT2D eigenvalue weighted by Crippen LogP contribution is -2.17. The molecular weight excluding hydrogens is 377 g/mol. The van der Waals surface area contributed by atoms with E-state index in [9.17, 15) is 18.3 Å². The molecule has 0 amide bonds. The van der Waals surface area contributed by atoms with Crippen LogP contribution in [0.3, 0.4) is 0 Å². The van der Waals surface area contributed by atoms with Crippen LogP contribution in [0.1, 0.15) is 5.56 Å². The molecule has 23 heavy (non-hydrogen) atoms. The van der Waals surface area contributed by atoms with Crippen LogP contribution in [-0.2, 0) is 6.61 Å².